The maximum Gasteiger partial charge on any atom is 0.220 e. The van der Waals surface area contributed by atoms with Crippen LogP contribution in [0.4, 0.5) is 0 Å². The number of hydrogen-bond donors (Lipinski definition) is 3. The molecule has 0 aliphatic carbocycles. The summed E-state index contributed by atoms with van der Waals surface area (Å²) in [7, 11) is 0. The van der Waals surface area contributed by atoms with Gasteiger partial charge in [-0.1, -0.05) is 187 Å². The second kappa shape index (κ2) is 33.6. The molecule has 4 nitrogen and oxygen atoms in total. The van der Waals surface area contributed by atoms with Crippen molar-refractivity contribution >= 4 is 5.91 Å². The van der Waals surface area contributed by atoms with Gasteiger partial charge < -0.3 is 15.5 Å². The first kappa shape index (κ1) is 40.1. The van der Waals surface area contributed by atoms with Gasteiger partial charge in [0, 0.05) is 6.42 Å². The van der Waals surface area contributed by atoms with Crippen molar-refractivity contribution in [3.05, 3.63) is 12.2 Å². The molecule has 4 heteroatoms. The van der Waals surface area contributed by atoms with E-state index >= 15 is 0 Å². The molecule has 0 aromatic rings. The van der Waals surface area contributed by atoms with Gasteiger partial charge in [0.05, 0.1) is 18.8 Å². The fraction of sp³-hybridized carbons (Fsp3) is 0.919. The zero-order valence-corrected chi connectivity index (χ0v) is 27.8. The second-order valence-corrected chi connectivity index (χ2v) is 12.7. The van der Waals surface area contributed by atoms with Crippen LogP contribution in [0.25, 0.3) is 0 Å². The lowest BCUT2D eigenvalue weighted by Crippen LogP contribution is -2.45. The van der Waals surface area contributed by atoms with Crippen LogP contribution in [0.3, 0.4) is 0 Å². The van der Waals surface area contributed by atoms with Gasteiger partial charge in [-0.2, -0.15) is 0 Å². The third-order valence-electron chi connectivity index (χ3n) is 8.52. The zero-order valence-electron chi connectivity index (χ0n) is 27.8. The van der Waals surface area contributed by atoms with E-state index in [0.29, 0.717) is 6.42 Å². The number of allylic oxidation sites excluding steroid dienone is 1. The number of nitrogens with one attached hydrogen (secondary N) is 1. The molecule has 0 bridgehead atoms. The lowest BCUT2D eigenvalue weighted by molar-refractivity contribution is -0.123. The predicted octanol–water partition coefficient (Wildman–Crippen LogP) is 10.7. The van der Waals surface area contributed by atoms with Crippen molar-refractivity contribution < 1.29 is 15.0 Å². The van der Waals surface area contributed by atoms with E-state index in [1.807, 2.05) is 13.0 Å². The number of unbranched alkanes of at least 4 members (excludes halogenated alkanes) is 26. The number of hydrogen-bond acceptors (Lipinski definition) is 3. The first-order chi connectivity index (χ1) is 20.2. The number of rotatable bonds is 33. The first-order valence-corrected chi connectivity index (χ1v) is 18.4. The highest BCUT2D eigenvalue weighted by Gasteiger charge is 2.17. The van der Waals surface area contributed by atoms with Crippen LogP contribution >= 0.6 is 0 Å². The van der Waals surface area contributed by atoms with Gasteiger partial charge >= 0.3 is 0 Å². The van der Waals surface area contributed by atoms with Gasteiger partial charge in [0.1, 0.15) is 0 Å². The minimum absolute atomic E-state index is 0.0985. The Hall–Kier alpha value is -0.870. The van der Waals surface area contributed by atoms with Crippen molar-refractivity contribution in [2.24, 2.45) is 0 Å². The minimum Gasteiger partial charge on any atom is -0.394 e. The van der Waals surface area contributed by atoms with Crippen molar-refractivity contribution in [3.8, 4) is 0 Å². The maximum absolute atomic E-state index is 11.8. The summed E-state index contributed by atoms with van der Waals surface area (Å²) in [5, 5.41) is 22.4. The molecule has 3 N–H and O–H groups in total. The second-order valence-electron chi connectivity index (χ2n) is 12.7. The molecule has 0 aromatic heterocycles. The Morgan fingerprint density at radius 3 is 1.24 bits per heavy atom. The molecule has 0 rings (SSSR count). The molecule has 0 saturated heterocycles. The smallest absolute Gasteiger partial charge is 0.220 e. The van der Waals surface area contributed by atoms with E-state index in [1.165, 1.54) is 154 Å². The van der Waals surface area contributed by atoms with Gasteiger partial charge in [0.15, 0.2) is 0 Å². The van der Waals surface area contributed by atoms with Gasteiger partial charge in [-0.05, 0) is 19.3 Å². The molecule has 2 atom stereocenters. The van der Waals surface area contributed by atoms with E-state index < -0.39 is 12.1 Å². The highest BCUT2D eigenvalue weighted by molar-refractivity contribution is 5.76. The Kier molecular flexibility index (Phi) is 32.9. The van der Waals surface area contributed by atoms with Crippen molar-refractivity contribution in [2.45, 2.75) is 212 Å². The summed E-state index contributed by atoms with van der Waals surface area (Å²) in [5.41, 5.74) is 0. The van der Waals surface area contributed by atoms with Crippen LogP contribution in [-0.2, 0) is 4.79 Å². The standard InChI is InChI=1S/C37H73NO3/c1-3-5-7-8-9-10-11-12-13-14-15-16-17-18-19-20-21-22-23-24-25-26-27-28-29-30-31-32-36(40)35(34-39)38-37(41)33-6-4-2/h31-32,35-36,39-40H,3-30,33-34H2,1-2H3,(H,38,41)/b32-31+. The van der Waals surface area contributed by atoms with E-state index in [-0.39, 0.29) is 12.5 Å². The highest BCUT2D eigenvalue weighted by Crippen LogP contribution is 2.16. The van der Waals surface area contributed by atoms with Crippen LogP contribution in [0.15, 0.2) is 12.2 Å². The van der Waals surface area contributed by atoms with Crippen LogP contribution in [0.5, 0.6) is 0 Å². The van der Waals surface area contributed by atoms with Crippen molar-refractivity contribution in [1.29, 1.82) is 0 Å². The Morgan fingerprint density at radius 2 is 0.902 bits per heavy atom. The van der Waals surface area contributed by atoms with Gasteiger partial charge in [-0.15, -0.1) is 0 Å². The van der Waals surface area contributed by atoms with E-state index in [9.17, 15) is 15.0 Å². The summed E-state index contributed by atoms with van der Waals surface area (Å²) in [5.74, 6) is -0.0985. The average molecular weight is 580 g/mol. The largest absolute Gasteiger partial charge is 0.394 e. The summed E-state index contributed by atoms with van der Waals surface area (Å²) < 4.78 is 0. The SMILES string of the molecule is CCCCCCCCCCCCCCCCCCCCCCCCCCC/C=C/C(O)C(CO)NC(=O)CCCC. The van der Waals surface area contributed by atoms with Gasteiger partial charge in [0.2, 0.25) is 5.91 Å². The number of aliphatic hydroxyl groups is 2. The van der Waals surface area contributed by atoms with Crippen molar-refractivity contribution in [1.82, 2.24) is 5.32 Å². The van der Waals surface area contributed by atoms with Gasteiger partial charge in [-0.25, -0.2) is 0 Å². The molecule has 0 radical (unpaired) electrons. The molecule has 41 heavy (non-hydrogen) atoms. The lowest BCUT2D eigenvalue weighted by Gasteiger charge is -2.19. The molecule has 1 amide bonds. The van der Waals surface area contributed by atoms with E-state index in [1.54, 1.807) is 6.08 Å². The van der Waals surface area contributed by atoms with Crippen molar-refractivity contribution in [2.75, 3.05) is 6.61 Å². The summed E-state index contributed by atoms with van der Waals surface area (Å²) in [6.45, 7) is 4.09. The summed E-state index contributed by atoms with van der Waals surface area (Å²) in [6, 6.07) is -0.611. The molecule has 0 fully saturated rings. The normalized spacial score (nSPS) is 13.2. The third kappa shape index (κ3) is 30.4. The zero-order chi connectivity index (χ0) is 30.1. The minimum atomic E-state index is -0.829. The highest BCUT2D eigenvalue weighted by atomic mass is 16.3. The number of amides is 1. The molecular weight excluding hydrogens is 506 g/mol. The molecule has 244 valence electrons. The molecule has 2 unspecified atom stereocenters. The average Bonchev–Trinajstić information content (AvgIpc) is 2.98. The fourth-order valence-corrected chi connectivity index (χ4v) is 5.63. The quantitative estimate of drug-likeness (QED) is 0.0535. The van der Waals surface area contributed by atoms with Crippen LogP contribution in [0, 0.1) is 0 Å². The molecule has 0 aliphatic heterocycles. The Bertz CT molecular complexity index is 550. The van der Waals surface area contributed by atoms with Crippen LogP contribution in [0.1, 0.15) is 200 Å². The van der Waals surface area contributed by atoms with E-state index in [4.69, 9.17) is 0 Å². The first-order valence-electron chi connectivity index (χ1n) is 18.4. The van der Waals surface area contributed by atoms with Crippen LogP contribution in [0.2, 0.25) is 0 Å². The third-order valence-corrected chi connectivity index (χ3v) is 8.52. The predicted molar refractivity (Wildman–Crippen MR) is 179 cm³/mol. The Morgan fingerprint density at radius 1 is 0.561 bits per heavy atom. The van der Waals surface area contributed by atoms with Gasteiger partial charge in [0.25, 0.3) is 0 Å². The summed E-state index contributed by atoms with van der Waals surface area (Å²) >= 11 is 0. The molecule has 0 spiro atoms. The molecule has 0 heterocycles. The fourth-order valence-electron chi connectivity index (χ4n) is 5.63. The Balaban J connectivity index is 3.32. The maximum atomic E-state index is 11.8. The molecular formula is C37H73NO3. The molecule has 0 saturated carbocycles. The summed E-state index contributed by atoms with van der Waals surface area (Å²) in [4.78, 5) is 11.8. The van der Waals surface area contributed by atoms with Gasteiger partial charge in [-0.3, -0.25) is 4.79 Å². The van der Waals surface area contributed by atoms with Crippen LogP contribution < -0.4 is 5.32 Å². The van der Waals surface area contributed by atoms with E-state index in [2.05, 4.69) is 12.2 Å². The lowest BCUT2D eigenvalue weighted by atomic mass is 10.0. The number of aliphatic hydroxyl groups excluding tert-OH is 2. The van der Waals surface area contributed by atoms with Crippen molar-refractivity contribution in [3.63, 3.8) is 0 Å². The monoisotopic (exact) mass is 580 g/mol. The summed E-state index contributed by atoms with van der Waals surface area (Å²) in [6.07, 6.45) is 41.2. The van der Waals surface area contributed by atoms with Crippen LogP contribution in [-0.4, -0.2) is 34.9 Å². The van der Waals surface area contributed by atoms with E-state index in [0.717, 1.165) is 25.7 Å². The Labute approximate surface area is 256 Å². The molecule has 0 aliphatic rings. The molecule has 0 aromatic carbocycles. The number of carbonyl (C=O) groups is 1. The topological polar surface area (TPSA) is 69.6 Å². The number of carbonyl (C=O) groups excluding carboxylic acids is 1.